The lowest BCUT2D eigenvalue weighted by Gasteiger charge is -2.35. The average molecular weight is 309 g/mol. The van der Waals surface area contributed by atoms with Gasteiger partial charge in [0, 0.05) is 11.3 Å². The average Bonchev–Trinajstić information content (AvgIpc) is 2.43. The van der Waals surface area contributed by atoms with E-state index in [0.717, 1.165) is 32.2 Å². The van der Waals surface area contributed by atoms with Crippen LogP contribution in [0.25, 0.3) is 0 Å². The fourth-order valence-corrected chi connectivity index (χ4v) is 4.79. The summed E-state index contributed by atoms with van der Waals surface area (Å²) >= 11 is 1.83. The lowest BCUT2D eigenvalue weighted by atomic mass is 9.88. The summed E-state index contributed by atoms with van der Waals surface area (Å²) in [6, 6.07) is 0. The van der Waals surface area contributed by atoms with Crippen LogP contribution in [-0.4, -0.2) is 45.3 Å². The maximum Gasteiger partial charge on any atom is 0.211 e. The number of hydrogen-bond donors (Lipinski definition) is 2. The van der Waals surface area contributed by atoms with Crippen LogP contribution in [0.4, 0.5) is 0 Å². The molecule has 1 aliphatic rings. The van der Waals surface area contributed by atoms with Crippen molar-refractivity contribution in [3.05, 3.63) is 0 Å². The van der Waals surface area contributed by atoms with Crippen LogP contribution in [0.15, 0.2) is 0 Å². The second kappa shape index (κ2) is 8.49. The van der Waals surface area contributed by atoms with E-state index in [-0.39, 0.29) is 10.5 Å². The fraction of sp³-hybridized carbons (Fsp3) is 1.00. The molecule has 0 amide bonds. The van der Waals surface area contributed by atoms with Gasteiger partial charge in [0.05, 0.1) is 5.75 Å². The van der Waals surface area contributed by atoms with Gasteiger partial charge in [0.15, 0.2) is 0 Å². The Morgan fingerprint density at radius 2 is 1.84 bits per heavy atom. The van der Waals surface area contributed by atoms with Crippen molar-refractivity contribution in [2.24, 2.45) is 0 Å². The largest absolute Gasteiger partial charge is 0.320 e. The number of unbranched alkanes of at least 4 members (excludes halogenated alkanes) is 1. The Labute approximate surface area is 122 Å². The monoisotopic (exact) mass is 308 g/mol. The van der Waals surface area contributed by atoms with Crippen molar-refractivity contribution in [2.45, 2.75) is 49.7 Å². The van der Waals surface area contributed by atoms with E-state index in [1.807, 2.05) is 18.8 Å². The molecule has 6 heteroatoms. The highest BCUT2D eigenvalue weighted by Gasteiger charge is 2.32. The minimum atomic E-state index is -3.10. The Kier molecular flexibility index (Phi) is 7.72. The van der Waals surface area contributed by atoms with Crippen LogP contribution in [0.1, 0.15) is 44.9 Å². The molecular weight excluding hydrogens is 280 g/mol. The Balaban J connectivity index is 2.36. The molecule has 0 heterocycles. The normalized spacial score (nSPS) is 19.5. The van der Waals surface area contributed by atoms with Crippen molar-refractivity contribution in [3.8, 4) is 0 Å². The predicted octanol–water partition coefficient (Wildman–Crippen LogP) is 1.97. The van der Waals surface area contributed by atoms with Gasteiger partial charge in [-0.25, -0.2) is 13.1 Å². The van der Waals surface area contributed by atoms with Crippen molar-refractivity contribution in [1.82, 2.24) is 10.0 Å². The van der Waals surface area contributed by atoms with Crippen LogP contribution < -0.4 is 10.0 Å². The zero-order valence-corrected chi connectivity index (χ0v) is 13.8. The summed E-state index contributed by atoms with van der Waals surface area (Å²) < 4.78 is 26.9. The highest BCUT2D eigenvalue weighted by atomic mass is 32.2. The van der Waals surface area contributed by atoms with Gasteiger partial charge in [0.2, 0.25) is 10.0 Å². The van der Waals surface area contributed by atoms with Crippen molar-refractivity contribution in [1.29, 1.82) is 0 Å². The topological polar surface area (TPSA) is 58.2 Å². The second-order valence-corrected chi connectivity index (χ2v) is 8.60. The van der Waals surface area contributed by atoms with E-state index in [0.29, 0.717) is 6.54 Å². The first-order valence-corrected chi connectivity index (χ1v) is 10.1. The van der Waals surface area contributed by atoms with Gasteiger partial charge >= 0.3 is 0 Å². The zero-order chi connectivity index (χ0) is 14.2. The smallest absolute Gasteiger partial charge is 0.211 e. The van der Waals surface area contributed by atoms with Crippen LogP contribution in [0.5, 0.6) is 0 Å². The third-order valence-corrected chi connectivity index (χ3v) is 6.73. The maximum atomic E-state index is 12.0. The molecule has 0 aromatic carbocycles. The van der Waals surface area contributed by atoms with Crippen molar-refractivity contribution in [3.63, 3.8) is 0 Å². The molecule has 2 N–H and O–H groups in total. The summed E-state index contributed by atoms with van der Waals surface area (Å²) in [5, 5.41) is 3.03. The van der Waals surface area contributed by atoms with E-state index >= 15 is 0 Å². The van der Waals surface area contributed by atoms with Crippen LogP contribution in [0.3, 0.4) is 0 Å². The molecule has 0 saturated heterocycles. The van der Waals surface area contributed by atoms with E-state index < -0.39 is 10.0 Å². The second-order valence-electron chi connectivity index (χ2n) is 5.40. The Morgan fingerprint density at radius 1 is 1.16 bits per heavy atom. The number of sulfonamides is 1. The van der Waals surface area contributed by atoms with Gasteiger partial charge in [-0.15, -0.1) is 0 Å². The summed E-state index contributed by atoms with van der Waals surface area (Å²) in [6.45, 7) is 1.48. The summed E-state index contributed by atoms with van der Waals surface area (Å²) in [6.07, 6.45) is 9.75. The molecule has 1 fully saturated rings. The molecule has 0 bridgehead atoms. The molecule has 0 radical (unpaired) electrons. The predicted molar refractivity (Wildman–Crippen MR) is 84.3 cm³/mol. The molecule has 0 aliphatic heterocycles. The van der Waals surface area contributed by atoms with E-state index in [4.69, 9.17) is 0 Å². The van der Waals surface area contributed by atoms with Crippen molar-refractivity contribution in [2.75, 3.05) is 32.1 Å². The lowest BCUT2D eigenvalue weighted by molar-refractivity contribution is 0.395. The molecule has 0 unspecified atom stereocenters. The quantitative estimate of drug-likeness (QED) is 0.639. The van der Waals surface area contributed by atoms with Crippen LogP contribution in [0, 0.1) is 0 Å². The zero-order valence-electron chi connectivity index (χ0n) is 12.2. The van der Waals surface area contributed by atoms with Gasteiger partial charge in [-0.3, -0.25) is 0 Å². The van der Waals surface area contributed by atoms with Gasteiger partial charge in [0.25, 0.3) is 0 Å². The molecule has 0 spiro atoms. The third kappa shape index (κ3) is 6.47. The molecule has 0 aromatic rings. The lowest BCUT2D eigenvalue weighted by Crippen LogP contribution is -2.42. The van der Waals surface area contributed by atoms with Gasteiger partial charge in [0.1, 0.15) is 0 Å². The highest BCUT2D eigenvalue weighted by molar-refractivity contribution is 8.00. The van der Waals surface area contributed by atoms with Gasteiger partial charge in [-0.2, -0.15) is 11.8 Å². The number of hydrogen-bond acceptors (Lipinski definition) is 4. The summed E-state index contributed by atoms with van der Waals surface area (Å²) in [5.74, 6) is 0.249. The van der Waals surface area contributed by atoms with Crippen molar-refractivity contribution < 1.29 is 8.42 Å². The minimum Gasteiger partial charge on any atom is -0.320 e. The molecule has 0 atom stereocenters. The first-order chi connectivity index (χ1) is 9.04. The number of nitrogens with one attached hydrogen (secondary N) is 2. The Morgan fingerprint density at radius 3 is 2.42 bits per heavy atom. The molecule has 19 heavy (non-hydrogen) atoms. The summed E-state index contributed by atoms with van der Waals surface area (Å²) in [7, 11) is -1.21. The summed E-state index contributed by atoms with van der Waals surface area (Å²) in [5.41, 5.74) is 0. The van der Waals surface area contributed by atoms with E-state index in [2.05, 4.69) is 16.3 Å². The van der Waals surface area contributed by atoms with Crippen LogP contribution >= 0.6 is 11.8 Å². The highest BCUT2D eigenvalue weighted by Crippen LogP contribution is 2.38. The van der Waals surface area contributed by atoms with E-state index in [9.17, 15) is 8.42 Å². The SMILES string of the molecule is CNCCCCS(=O)(=O)NCC1(SC)CCCCC1. The minimum absolute atomic E-state index is 0.135. The molecule has 1 rings (SSSR count). The number of rotatable bonds is 9. The number of thioether (sulfide) groups is 1. The molecule has 0 aromatic heterocycles. The fourth-order valence-electron chi connectivity index (χ4n) is 2.56. The van der Waals surface area contributed by atoms with Crippen molar-refractivity contribution >= 4 is 21.8 Å². The molecule has 114 valence electrons. The summed E-state index contributed by atoms with van der Waals surface area (Å²) in [4.78, 5) is 0. The Bertz CT molecular complexity index is 339. The van der Waals surface area contributed by atoms with Crippen LogP contribution in [-0.2, 0) is 10.0 Å². The van der Waals surface area contributed by atoms with Crippen LogP contribution in [0.2, 0.25) is 0 Å². The first-order valence-electron chi connectivity index (χ1n) is 7.21. The third-order valence-electron chi connectivity index (χ3n) is 3.90. The van der Waals surface area contributed by atoms with Gasteiger partial charge in [-0.1, -0.05) is 19.3 Å². The molecule has 1 saturated carbocycles. The molecular formula is C13H28N2O2S2. The van der Waals surface area contributed by atoms with Gasteiger partial charge in [-0.05, 0) is 45.5 Å². The Hall–Kier alpha value is 0.220. The molecule has 1 aliphatic carbocycles. The van der Waals surface area contributed by atoms with E-state index in [1.54, 1.807) is 0 Å². The first kappa shape index (κ1) is 17.3. The van der Waals surface area contributed by atoms with E-state index in [1.165, 1.54) is 19.3 Å². The van der Waals surface area contributed by atoms with Gasteiger partial charge < -0.3 is 5.32 Å². The maximum absolute atomic E-state index is 12.0. The standard InChI is InChI=1S/C13H28N2O2S2/c1-14-10-6-7-11-19(16,17)15-12-13(18-2)8-4-3-5-9-13/h14-15H,3-12H2,1-2H3. The molecule has 4 nitrogen and oxygen atoms in total.